The largest absolute Gasteiger partial charge is 0.453 e. The van der Waals surface area contributed by atoms with Gasteiger partial charge in [-0.25, -0.2) is 0 Å². The molecule has 30 heavy (non-hydrogen) atoms. The van der Waals surface area contributed by atoms with Crippen LogP contribution in [-0.2, 0) is 9.47 Å². The van der Waals surface area contributed by atoms with Gasteiger partial charge < -0.3 is 9.47 Å². The maximum Gasteiger partial charge on any atom is 0.453 e. The highest BCUT2D eigenvalue weighted by atomic mass is 19.4. The average Bonchev–Trinajstić information content (AvgIpc) is 3.19. The van der Waals surface area contributed by atoms with Crippen molar-refractivity contribution in [3.05, 3.63) is 0 Å². The summed E-state index contributed by atoms with van der Waals surface area (Å²) in [7, 11) is 0. The second kappa shape index (κ2) is 16.2. The lowest BCUT2D eigenvalue weighted by atomic mass is 10.0. The first-order valence-corrected chi connectivity index (χ1v) is 12.0. The SMILES string of the molecule is FC(F)(F)C(F)(F)CCCCCCCCCCCCCCCCCOC1CCCO1. The van der Waals surface area contributed by atoms with E-state index in [-0.39, 0.29) is 12.7 Å². The van der Waals surface area contributed by atoms with Gasteiger partial charge in [0.15, 0.2) is 6.29 Å². The molecule has 1 saturated heterocycles. The second-order valence-corrected chi connectivity index (χ2v) is 8.57. The molecule has 2 nitrogen and oxygen atoms in total. The third-order valence-electron chi connectivity index (χ3n) is 5.74. The molecule has 0 amide bonds. The Morgan fingerprint density at radius 1 is 0.633 bits per heavy atom. The van der Waals surface area contributed by atoms with Crippen molar-refractivity contribution < 1.29 is 31.4 Å². The molecule has 1 unspecified atom stereocenters. The first-order chi connectivity index (χ1) is 14.3. The van der Waals surface area contributed by atoms with Crippen molar-refractivity contribution >= 4 is 0 Å². The van der Waals surface area contributed by atoms with E-state index in [1.165, 1.54) is 51.4 Å². The molecule has 0 bridgehead atoms. The Kier molecular flexibility index (Phi) is 14.9. The molecule has 0 radical (unpaired) electrons. The van der Waals surface area contributed by atoms with Crippen molar-refractivity contribution in [2.24, 2.45) is 0 Å². The summed E-state index contributed by atoms with van der Waals surface area (Å²) in [6.45, 7) is 1.65. The van der Waals surface area contributed by atoms with Gasteiger partial charge in [0.25, 0.3) is 0 Å². The first-order valence-electron chi connectivity index (χ1n) is 12.0. The minimum Gasteiger partial charge on any atom is -0.353 e. The lowest BCUT2D eigenvalue weighted by Gasteiger charge is -2.19. The number of unbranched alkanes of at least 4 members (excludes halogenated alkanes) is 14. The zero-order valence-electron chi connectivity index (χ0n) is 18.4. The van der Waals surface area contributed by atoms with Crippen molar-refractivity contribution in [2.75, 3.05) is 13.2 Å². The van der Waals surface area contributed by atoms with Crippen molar-refractivity contribution in [1.29, 1.82) is 0 Å². The summed E-state index contributed by atoms with van der Waals surface area (Å²) in [5.41, 5.74) is 0. The number of rotatable bonds is 19. The number of halogens is 5. The van der Waals surface area contributed by atoms with Gasteiger partial charge in [-0.3, -0.25) is 0 Å². The van der Waals surface area contributed by atoms with Gasteiger partial charge in [0, 0.05) is 26.1 Å². The summed E-state index contributed by atoms with van der Waals surface area (Å²) >= 11 is 0. The molecule has 180 valence electrons. The van der Waals surface area contributed by atoms with Crippen LogP contribution in [0.3, 0.4) is 0 Å². The quantitative estimate of drug-likeness (QED) is 0.147. The smallest absolute Gasteiger partial charge is 0.353 e. The van der Waals surface area contributed by atoms with Crippen LogP contribution in [0.1, 0.15) is 116 Å². The fourth-order valence-corrected chi connectivity index (χ4v) is 3.78. The summed E-state index contributed by atoms with van der Waals surface area (Å²) < 4.78 is 72.7. The molecule has 0 N–H and O–H groups in total. The molecule has 0 aliphatic carbocycles. The summed E-state index contributed by atoms with van der Waals surface area (Å²) in [5.74, 6) is -4.54. The predicted octanol–water partition coefficient (Wildman–Crippen LogP) is 8.58. The Balaban J connectivity index is 1.71. The average molecular weight is 445 g/mol. The zero-order chi connectivity index (χ0) is 22.1. The van der Waals surface area contributed by atoms with Gasteiger partial charge in [0.2, 0.25) is 0 Å². The van der Waals surface area contributed by atoms with Crippen LogP contribution in [0, 0.1) is 0 Å². The Hall–Kier alpha value is -0.430. The number of hydrogen-bond acceptors (Lipinski definition) is 2. The van der Waals surface area contributed by atoms with Crippen LogP contribution in [0.15, 0.2) is 0 Å². The van der Waals surface area contributed by atoms with Crippen LogP contribution in [0.2, 0.25) is 0 Å². The topological polar surface area (TPSA) is 18.5 Å². The van der Waals surface area contributed by atoms with Crippen LogP contribution >= 0.6 is 0 Å². The van der Waals surface area contributed by atoms with E-state index >= 15 is 0 Å². The van der Waals surface area contributed by atoms with Crippen molar-refractivity contribution in [3.8, 4) is 0 Å². The van der Waals surface area contributed by atoms with Gasteiger partial charge in [-0.1, -0.05) is 83.5 Å². The highest BCUT2D eigenvalue weighted by molar-refractivity contribution is 4.75. The fraction of sp³-hybridized carbons (Fsp3) is 1.00. The van der Waals surface area contributed by atoms with E-state index in [1.807, 2.05) is 0 Å². The fourth-order valence-electron chi connectivity index (χ4n) is 3.78. The zero-order valence-corrected chi connectivity index (χ0v) is 18.4. The maximum absolute atomic E-state index is 12.7. The molecule has 0 aromatic carbocycles. The molecule has 1 rings (SSSR count). The highest BCUT2D eigenvalue weighted by Crippen LogP contribution is 2.39. The molecule has 1 atom stereocenters. The minimum absolute atomic E-state index is 0.0429. The van der Waals surface area contributed by atoms with Crippen LogP contribution in [0.5, 0.6) is 0 Å². The maximum atomic E-state index is 12.7. The van der Waals surface area contributed by atoms with Gasteiger partial charge in [0.1, 0.15) is 0 Å². The Labute approximate surface area is 179 Å². The van der Waals surface area contributed by atoms with Crippen molar-refractivity contribution in [2.45, 2.75) is 134 Å². The molecule has 0 aromatic heterocycles. The number of ether oxygens (including phenoxy) is 2. The molecule has 1 aliphatic rings. The van der Waals surface area contributed by atoms with Gasteiger partial charge >= 0.3 is 12.1 Å². The van der Waals surface area contributed by atoms with E-state index in [4.69, 9.17) is 9.47 Å². The monoisotopic (exact) mass is 444 g/mol. The number of hydrogen-bond donors (Lipinski definition) is 0. The molecule has 7 heteroatoms. The molecule has 1 fully saturated rings. The molecule has 1 heterocycles. The standard InChI is InChI=1S/C23H41F5O2/c24-22(25,23(26,27)28)18-14-12-10-8-6-4-2-1-3-5-7-9-11-13-15-19-29-21-17-16-20-30-21/h21H,1-20H2. The van der Waals surface area contributed by atoms with Gasteiger partial charge in [-0.2, -0.15) is 22.0 Å². The molecular weight excluding hydrogens is 403 g/mol. The second-order valence-electron chi connectivity index (χ2n) is 8.57. The van der Waals surface area contributed by atoms with Crippen LogP contribution in [0.25, 0.3) is 0 Å². The summed E-state index contributed by atoms with van der Waals surface area (Å²) in [5, 5.41) is 0. The van der Waals surface area contributed by atoms with Crippen LogP contribution in [-0.4, -0.2) is 31.6 Å². The Morgan fingerprint density at radius 3 is 1.47 bits per heavy atom. The summed E-state index contributed by atoms with van der Waals surface area (Å²) in [6, 6.07) is 0. The third kappa shape index (κ3) is 13.8. The normalized spacial score (nSPS) is 17.7. The summed E-state index contributed by atoms with van der Waals surface area (Å²) in [4.78, 5) is 0. The van der Waals surface area contributed by atoms with E-state index in [2.05, 4.69) is 0 Å². The molecule has 0 spiro atoms. The van der Waals surface area contributed by atoms with E-state index in [9.17, 15) is 22.0 Å². The number of alkyl halides is 5. The van der Waals surface area contributed by atoms with E-state index < -0.39 is 18.5 Å². The van der Waals surface area contributed by atoms with Crippen LogP contribution < -0.4 is 0 Å². The first kappa shape index (κ1) is 27.6. The van der Waals surface area contributed by atoms with E-state index in [1.54, 1.807) is 0 Å². The molecule has 0 saturated carbocycles. The van der Waals surface area contributed by atoms with E-state index in [0.29, 0.717) is 6.42 Å². The lowest BCUT2D eigenvalue weighted by molar-refractivity contribution is -0.284. The van der Waals surface area contributed by atoms with Gasteiger partial charge in [-0.05, 0) is 19.3 Å². The summed E-state index contributed by atoms with van der Waals surface area (Å²) in [6.07, 6.45) is 11.1. The lowest BCUT2D eigenvalue weighted by Crippen LogP contribution is -2.36. The van der Waals surface area contributed by atoms with Crippen molar-refractivity contribution in [3.63, 3.8) is 0 Å². The molecule has 0 aromatic rings. The Morgan fingerprint density at radius 2 is 1.07 bits per heavy atom. The van der Waals surface area contributed by atoms with Crippen LogP contribution in [0.4, 0.5) is 22.0 Å². The molecular formula is C23H41F5O2. The predicted molar refractivity (Wildman–Crippen MR) is 110 cm³/mol. The van der Waals surface area contributed by atoms with E-state index in [0.717, 1.165) is 58.2 Å². The van der Waals surface area contributed by atoms with Gasteiger partial charge in [0.05, 0.1) is 0 Å². The third-order valence-corrected chi connectivity index (χ3v) is 5.74. The highest BCUT2D eigenvalue weighted by Gasteiger charge is 2.56. The van der Waals surface area contributed by atoms with Crippen molar-refractivity contribution in [1.82, 2.24) is 0 Å². The Bertz CT molecular complexity index is 396. The molecule has 1 aliphatic heterocycles. The van der Waals surface area contributed by atoms with Gasteiger partial charge in [-0.15, -0.1) is 0 Å². The minimum atomic E-state index is -5.41.